The molecule has 0 aliphatic carbocycles. The first-order chi connectivity index (χ1) is 15.6. The Hall–Kier alpha value is -3.24. The third-order valence-corrected chi connectivity index (χ3v) is 6.67. The van der Waals surface area contributed by atoms with E-state index >= 15 is 0 Å². The van der Waals surface area contributed by atoms with Gasteiger partial charge in [0.25, 0.3) is 5.91 Å². The fourth-order valence-corrected chi connectivity index (χ4v) is 3.95. The van der Waals surface area contributed by atoms with Crippen molar-refractivity contribution < 1.29 is 22.5 Å². The second-order valence-electron chi connectivity index (χ2n) is 8.13. The lowest BCUT2D eigenvalue weighted by Gasteiger charge is -2.14. The summed E-state index contributed by atoms with van der Waals surface area (Å²) in [6.45, 7) is 5.51. The molecule has 0 aliphatic rings. The number of nitrogens with zero attached hydrogens (tertiary/aromatic N) is 3. The van der Waals surface area contributed by atoms with Crippen LogP contribution in [0.3, 0.4) is 0 Å². The van der Waals surface area contributed by atoms with Gasteiger partial charge in [-0.3, -0.25) is 4.79 Å². The second-order valence-corrected chi connectivity index (χ2v) is 10.3. The fraction of sp³-hybridized carbons (Fsp3) is 0.348. The molecule has 2 aromatic carbocycles. The number of anilines is 1. The molecule has 3 rings (SSSR count). The first-order valence-corrected chi connectivity index (χ1v) is 11.9. The number of hydrogen-bond donors (Lipinski definition) is 1. The van der Waals surface area contributed by atoms with Gasteiger partial charge in [-0.05, 0) is 48.4 Å². The molecular weight excluding hydrogens is 444 g/mol. The number of amides is 1. The van der Waals surface area contributed by atoms with Crippen LogP contribution in [-0.4, -0.2) is 49.5 Å². The molecule has 1 N–H and O–H groups in total. The van der Waals surface area contributed by atoms with E-state index in [1.54, 1.807) is 25.1 Å². The minimum Gasteiger partial charge on any atom is -0.483 e. The van der Waals surface area contributed by atoms with Gasteiger partial charge in [0, 0.05) is 32.1 Å². The van der Waals surface area contributed by atoms with Crippen molar-refractivity contribution in [1.82, 2.24) is 14.4 Å². The number of nitrogens with one attached hydrogen (secondary N) is 1. The van der Waals surface area contributed by atoms with Gasteiger partial charge in [0.05, 0.1) is 4.90 Å². The Kier molecular flexibility index (Phi) is 7.50. The number of carbonyl (C=O) groups excluding carboxylic acids is 1. The molecule has 176 valence electrons. The number of aromatic nitrogens is 2. The zero-order valence-electron chi connectivity index (χ0n) is 19.3. The number of ether oxygens (including phenoxy) is 1. The molecule has 9 nitrogen and oxygen atoms in total. The molecule has 0 saturated heterocycles. The van der Waals surface area contributed by atoms with E-state index < -0.39 is 10.0 Å². The average molecular weight is 473 g/mol. The normalized spacial score (nSPS) is 11.7. The van der Waals surface area contributed by atoms with Crippen LogP contribution in [0.25, 0.3) is 0 Å². The van der Waals surface area contributed by atoms with Crippen LogP contribution >= 0.6 is 0 Å². The highest BCUT2D eigenvalue weighted by atomic mass is 32.2. The first kappa shape index (κ1) is 24.4. The smallest absolute Gasteiger partial charge is 0.262 e. The summed E-state index contributed by atoms with van der Waals surface area (Å²) < 4.78 is 36.4. The van der Waals surface area contributed by atoms with Gasteiger partial charge >= 0.3 is 0 Å². The van der Waals surface area contributed by atoms with Crippen LogP contribution in [0, 0.1) is 6.92 Å². The van der Waals surface area contributed by atoms with E-state index in [1.165, 1.54) is 26.2 Å². The molecule has 1 amide bonds. The van der Waals surface area contributed by atoms with Crippen molar-refractivity contribution in [3.8, 4) is 5.75 Å². The second kappa shape index (κ2) is 10.1. The van der Waals surface area contributed by atoms with Crippen LogP contribution in [0.1, 0.15) is 42.6 Å². The Morgan fingerprint density at radius 1 is 1.15 bits per heavy atom. The summed E-state index contributed by atoms with van der Waals surface area (Å²) in [5.41, 5.74) is 2.24. The van der Waals surface area contributed by atoms with Crippen LogP contribution in [0.15, 0.2) is 51.9 Å². The van der Waals surface area contributed by atoms with Gasteiger partial charge in [0.1, 0.15) is 5.75 Å². The third-order valence-electron chi connectivity index (χ3n) is 4.86. The SMILES string of the molecule is Cc1cc(S(=O)(=O)N(C)C)ccc1OCC(=O)Nc1ccc(Cc2noc(C(C)C)n2)cc1. The molecule has 0 atom stereocenters. The number of carbonyl (C=O) groups is 1. The van der Waals surface area contributed by atoms with Crippen molar-refractivity contribution >= 4 is 21.6 Å². The van der Waals surface area contributed by atoms with Gasteiger partial charge in [0.15, 0.2) is 12.4 Å². The molecule has 0 fully saturated rings. The van der Waals surface area contributed by atoms with E-state index in [0.717, 1.165) is 9.87 Å². The average Bonchev–Trinajstić information content (AvgIpc) is 3.23. The molecule has 0 radical (unpaired) electrons. The van der Waals surface area contributed by atoms with Crippen molar-refractivity contribution in [3.63, 3.8) is 0 Å². The van der Waals surface area contributed by atoms with Gasteiger partial charge in [-0.25, -0.2) is 12.7 Å². The maximum Gasteiger partial charge on any atom is 0.262 e. The predicted molar refractivity (Wildman–Crippen MR) is 124 cm³/mol. The van der Waals surface area contributed by atoms with E-state index in [-0.39, 0.29) is 23.3 Å². The van der Waals surface area contributed by atoms with Crippen LogP contribution < -0.4 is 10.1 Å². The van der Waals surface area contributed by atoms with Crippen molar-refractivity contribution in [3.05, 3.63) is 65.3 Å². The van der Waals surface area contributed by atoms with Crippen molar-refractivity contribution in [2.45, 2.75) is 38.0 Å². The Morgan fingerprint density at radius 3 is 2.42 bits per heavy atom. The zero-order valence-corrected chi connectivity index (χ0v) is 20.1. The topological polar surface area (TPSA) is 115 Å². The van der Waals surface area contributed by atoms with Gasteiger partial charge in [-0.2, -0.15) is 4.98 Å². The molecule has 33 heavy (non-hydrogen) atoms. The number of rotatable bonds is 9. The molecule has 0 aliphatic heterocycles. The highest BCUT2D eigenvalue weighted by Crippen LogP contribution is 2.23. The maximum absolute atomic E-state index is 12.3. The Bertz CT molecular complexity index is 1220. The number of benzene rings is 2. The number of sulfonamides is 1. The Balaban J connectivity index is 1.54. The summed E-state index contributed by atoms with van der Waals surface area (Å²) in [5.74, 6) is 1.52. The first-order valence-electron chi connectivity index (χ1n) is 10.4. The molecule has 0 bridgehead atoms. The van der Waals surface area contributed by atoms with Gasteiger partial charge in [-0.15, -0.1) is 0 Å². The van der Waals surface area contributed by atoms with E-state index in [2.05, 4.69) is 15.5 Å². The zero-order chi connectivity index (χ0) is 24.2. The quantitative estimate of drug-likeness (QED) is 0.508. The number of hydrogen-bond acceptors (Lipinski definition) is 7. The van der Waals surface area contributed by atoms with Crippen LogP contribution in [0.5, 0.6) is 5.75 Å². The summed E-state index contributed by atoms with van der Waals surface area (Å²) in [6, 6.07) is 11.9. The number of aryl methyl sites for hydroxylation is 1. The standard InChI is InChI=1S/C23H28N4O5S/c1-15(2)23-25-21(26-32-23)13-17-6-8-18(9-7-17)24-22(28)14-31-20-11-10-19(12-16(20)3)33(29,30)27(4)5/h6-12,15H,13-14H2,1-5H3,(H,24,28). The van der Waals surface area contributed by atoms with Crippen molar-refractivity contribution in [1.29, 1.82) is 0 Å². The van der Waals surface area contributed by atoms with Gasteiger partial charge in [-0.1, -0.05) is 31.1 Å². The fourth-order valence-electron chi connectivity index (χ4n) is 2.96. The van der Waals surface area contributed by atoms with E-state index in [4.69, 9.17) is 9.26 Å². The molecule has 0 saturated carbocycles. The lowest BCUT2D eigenvalue weighted by molar-refractivity contribution is -0.118. The molecule has 0 spiro atoms. The minimum absolute atomic E-state index is 0.170. The summed E-state index contributed by atoms with van der Waals surface area (Å²) in [4.78, 5) is 16.8. The van der Waals surface area contributed by atoms with E-state index in [9.17, 15) is 13.2 Å². The predicted octanol–water partition coefficient (Wildman–Crippen LogP) is 3.36. The highest BCUT2D eigenvalue weighted by Gasteiger charge is 2.18. The van der Waals surface area contributed by atoms with Crippen LogP contribution in [0.4, 0.5) is 5.69 Å². The monoisotopic (exact) mass is 472 g/mol. The molecule has 0 unspecified atom stereocenters. The summed E-state index contributed by atoms with van der Waals surface area (Å²) in [7, 11) is -0.585. The van der Waals surface area contributed by atoms with Gasteiger partial charge in [0.2, 0.25) is 15.9 Å². The van der Waals surface area contributed by atoms with Gasteiger partial charge < -0.3 is 14.6 Å². The summed E-state index contributed by atoms with van der Waals surface area (Å²) in [5, 5.41) is 6.76. The minimum atomic E-state index is -3.53. The van der Waals surface area contributed by atoms with E-state index in [1.807, 2.05) is 26.0 Å². The summed E-state index contributed by atoms with van der Waals surface area (Å²) >= 11 is 0. The molecular formula is C23H28N4O5S. The molecule has 1 heterocycles. The molecule has 1 aromatic heterocycles. The van der Waals surface area contributed by atoms with Crippen LogP contribution in [0.2, 0.25) is 0 Å². The third kappa shape index (κ3) is 6.17. The van der Waals surface area contributed by atoms with Crippen LogP contribution in [-0.2, 0) is 21.2 Å². The summed E-state index contributed by atoms with van der Waals surface area (Å²) in [6.07, 6.45) is 0.534. The molecule has 10 heteroatoms. The van der Waals surface area contributed by atoms with E-state index in [0.29, 0.717) is 35.1 Å². The Labute approximate surface area is 193 Å². The Morgan fingerprint density at radius 2 is 1.85 bits per heavy atom. The lowest BCUT2D eigenvalue weighted by Crippen LogP contribution is -2.22. The maximum atomic E-state index is 12.3. The lowest BCUT2D eigenvalue weighted by atomic mass is 10.1. The largest absolute Gasteiger partial charge is 0.483 e. The van der Waals surface area contributed by atoms with Crippen molar-refractivity contribution in [2.24, 2.45) is 0 Å². The highest BCUT2D eigenvalue weighted by molar-refractivity contribution is 7.89. The van der Waals surface area contributed by atoms with Crippen molar-refractivity contribution in [2.75, 3.05) is 26.0 Å². The molecule has 3 aromatic rings.